The standard InChI is InChI=1S/C27H29N5O4/c1-3-36-22-15-13-20(14-16-22)26(27(34)28-17-18-35-2)32(21-9-5-4-6-10-21)25(33)19-31-24-12-8-7-11-23(24)29-30-31/h4-16,26H,3,17-19H2,1-2H3,(H,28,34)/t26-/m1/s1. The SMILES string of the molecule is CCOc1ccc([C@H](C(=O)NCCOC)N(C(=O)Cn2nnc3ccccc32)c2ccccc2)cc1. The molecular weight excluding hydrogens is 458 g/mol. The summed E-state index contributed by atoms with van der Waals surface area (Å²) in [6, 6.07) is 22.9. The maximum Gasteiger partial charge on any atom is 0.249 e. The molecule has 0 unspecified atom stereocenters. The van der Waals surface area contributed by atoms with Crippen molar-refractivity contribution in [3.63, 3.8) is 0 Å². The second-order valence-corrected chi connectivity index (χ2v) is 8.02. The summed E-state index contributed by atoms with van der Waals surface area (Å²) in [6.45, 7) is 3.01. The Bertz CT molecular complexity index is 1290. The second kappa shape index (κ2) is 11.9. The van der Waals surface area contributed by atoms with Gasteiger partial charge in [0.05, 0.1) is 18.7 Å². The molecule has 36 heavy (non-hydrogen) atoms. The van der Waals surface area contributed by atoms with Crippen LogP contribution in [0.2, 0.25) is 0 Å². The number of para-hydroxylation sites is 2. The van der Waals surface area contributed by atoms with Gasteiger partial charge in [-0.15, -0.1) is 5.10 Å². The molecule has 9 nitrogen and oxygen atoms in total. The van der Waals surface area contributed by atoms with Gasteiger partial charge >= 0.3 is 0 Å². The zero-order valence-corrected chi connectivity index (χ0v) is 20.3. The van der Waals surface area contributed by atoms with Crippen molar-refractivity contribution in [2.24, 2.45) is 0 Å². The third kappa shape index (κ3) is 5.69. The van der Waals surface area contributed by atoms with Crippen LogP contribution in [0.5, 0.6) is 5.75 Å². The molecule has 0 spiro atoms. The largest absolute Gasteiger partial charge is 0.494 e. The van der Waals surface area contributed by atoms with Crippen LogP contribution in [0, 0.1) is 0 Å². The Morgan fingerprint density at radius 2 is 1.72 bits per heavy atom. The summed E-state index contributed by atoms with van der Waals surface area (Å²) < 4.78 is 12.2. The minimum atomic E-state index is -0.929. The average Bonchev–Trinajstić information content (AvgIpc) is 3.31. The molecule has 0 aliphatic rings. The van der Waals surface area contributed by atoms with Crippen LogP contribution in [0.15, 0.2) is 78.9 Å². The van der Waals surface area contributed by atoms with Gasteiger partial charge in [0.25, 0.3) is 0 Å². The number of amides is 2. The number of rotatable bonds is 11. The number of nitrogens with one attached hydrogen (secondary N) is 1. The number of carbonyl (C=O) groups is 2. The molecule has 0 radical (unpaired) electrons. The highest BCUT2D eigenvalue weighted by atomic mass is 16.5. The number of ether oxygens (including phenoxy) is 2. The fourth-order valence-corrected chi connectivity index (χ4v) is 3.97. The molecule has 1 N–H and O–H groups in total. The first-order valence-electron chi connectivity index (χ1n) is 11.8. The number of carbonyl (C=O) groups excluding carboxylic acids is 2. The predicted molar refractivity (Wildman–Crippen MR) is 137 cm³/mol. The van der Waals surface area contributed by atoms with Gasteiger partial charge in [-0.25, -0.2) is 4.68 Å². The van der Waals surface area contributed by atoms with Crippen LogP contribution >= 0.6 is 0 Å². The Kier molecular flexibility index (Phi) is 8.25. The lowest BCUT2D eigenvalue weighted by Gasteiger charge is -2.31. The van der Waals surface area contributed by atoms with Crippen molar-refractivity contribution in [1.29, 1.82) is 0 Å². The van der Waals surface area contributed by atoms with Crippen molar-refractivity contribution in [2.45, 2.75) is 19.5 Å². The number of anilines is 1. The van der Waals surface area contributed by atoms with E-state index in [4.69, 9.17) is 9.47 Å². The van der Waals surface area contributed by atoms with E-state index >= 15 is 0 Å². The van der Waals surface area contributed by atoms with Crippen LogP contribution in [0.3, 0.4) is 0 Å². The van der Waals surface area contributed by atoms with Crippen molar-refractivity contribution in [3.8, 4) is 5.75 Å². The van der Waals surface area contributed by atoms with Gasteiger partial charge in [0.1, 0.15) is 23.9 Å². The topological polar surface area (TPSA) is 98.6 Å². The quantitative estimate of drug-likeness (QED) is 0.326. The predicted octanol–water partition coefficient (Wildman–Crippen LogP) is 3.37. The number of aromatic nitrogens is 3. The summed E-state index contributed by atoms with van der Waals surface area (Å²) in [5, 5.41) is 11.2. The molecule has 3 aromatic carbocycles. The van der Waals surface area contributed by atoms with Crippen LogP contribution in [0.4, 0.5) is 5.69 Å². The van der Waals surface area contributed by atoms with E-state index in [0.717, 1.165) is 5.52 Å². The Hall–Kier alpha value is -4.24. The van der Waals surface area contributed by atoms with Crippen molar-refractivity contribution in [2.75, 3.05) is 31.8 Å². The van der Waals surface area contributed by atoms with Crippen LogP contribution < -0.4 is 15.0 Å². The summed E-state index contributed by atoms with van der Waals surface area (Å²) >= 11 is 0. The zero-order valence-electron chi connectivity index (χ0n) is 20.3. The van der Waals surface area contributed by atoms with E-state index in [0.29, 0.717) is 42.3 Å². The van der Waals surface area contributed by atoms with Gasteiger partial charge in [-0.3, -0.25) is 14.5 Å². The summed E-state index contributed by atoms with van der Waals surface area (Å²) in [7, 11) is 1.57. The molecule has 4 aromatic rings. The van der Waals surface area contributed by atoms with E-state index in [1.807, 2.05) is 49.4 Å². The fourth-order valence-electron chi connectivity index (χ4n) is 3.97. The number of hydrogen-bond acceptors (Lipinski definition) is 6. The first-order chi connectivity index (χ1) is 17.6. The highest BCUT2D eigenvalue weighted by Gasteiger charge is 2.33. The van der Waals surface area contributed by atoms with Crippen LogP contribution in [0.25, 0.3) is 11.0 Å². The summed E-state index contributed by atoms with van der Waals surface area (Å²) in [5.74, 6) is 0.0564. The number of benzene rings is 3. The molecule has 4 rings (SSSR count). The summed E-state index contributed by atoms with van der Waals surface area (Å²) in [5.41, 5.74) is 2.67. The van der Waals surface area contributed by atoms with Crippen molar-refractivity contribution < 1.29 is 19.1 Å². The third-order valence-corrected chi connectivity index (χ3v) is 5.63. The molecule has 0 fully saturated rings. The molecule has 0 aliphatic heterocycles. The first-order valence-corrected chi connectivity index (χ1v) is 11.8. The van der Waals surface area contributed by atoms with Crippen LogP contribution in [-0.4, -0.2) is 53.7 Å². The maximum atomic E-state index is 13.9. The average molecular weight is 488 g/mol. The van der Waals surface area contributed by atoms with Gasteiger partial charge in [0.2, 0.25) is 11.8 Å². The lowest BCUT2D eigenvalue weighted by molar-refractivity contribution is -0.127. The monoisotopic (exact) mass is 487 g/mol. The van der Waals surface area contributed by atoms with Crippen molar-refractivity contribution >= 4 is 28.5 Å². The molecule has 1 aromatic heterocycles. The molecule has 186 valence electrons. The van der Waals surface area contributed by atoms with Crippen molar-refractivity contribution in [1.82, 2.24) is 20.3 Å². The van der Waals surface area contributed by atoms with Gasteiger partial charge in [-0.2, -0.15) is 0 Å². The normalized spacial score (nSPS) is 11.7. The van der Waals surface area contributed by atoms with Gasteiger partial charge in [-0.05, 0) is 48.9 Å². The zero-order chi connectivity index (χ0) is 25.3. The Morgan fingerprint density at radius 1 is 1.00 bits per heavy atom. The van der Waals surface area contributed by atoms with Crippen molar-refractivity contribution in [3.05, 3.63) is 84.4 Å². The number of fused-ring (bicyclic) bond motifs is 1. The van der Waals surface area contributed by atoms with E-state index in [1.165, 1.54) is 4.90 Å². The van der Waals surface area contributed by atoms with E-state index in [2.05, 4.69) is 15.6 Å². The Balaban J connectivity index is 1.74. The van der Waals surface area contributed by atoms with Gasteiger partial charge in [-0.1, -0.05) is 47.7 Å². The molecule has 0 saturated carbocycles. The molecule has 1 heterocycles. The molecule has 1 atom stereocenters. The molecule has 2 amide bonds. The third-order valence-electron chi connectivity index (χ3n) is 5.63. The second-order valence-electron chi connectivity index (χ2n) is 8.02. The lowest BCUT2D eigenvalue weighted by atomic mass is 10.0. The van der Waals surface area contributed by atoms with Crippen LogP contribution in [0.1, 0.15) is 18.5 Å². The van der Waals surface area contributed by atoms with E-state index < -0.39 is 6.04 Å². The maximum absolute atomic E-state index is 13.9. The van der Waals surface area contributed by atoms with Gasteiger partial charge in [0.15, 0.2) is 0 Å². The molecule has 0 aliphatic carbocycles. The molecule has 0 saturated heterocycles. The molecular formula is C27H29N5O4. The first kappa shape index (κ1) is 24.9. The Labute approximate surface area is 209 Å². The smallest absolute Gasteiger partial charge is 0.249 e. The van der Waals surface area contributed by atoms with Gasteiger partial charge < -0.3 is 14.8 Å². The minimum Gasteiger partial charge on any atom is -0.494 e. The molecule has 9 heteroatoms. The van der Waals surface area contributed by atoms with E-state index in [1.54, 1.807) is 48.2 Å². The minimum absolute atomic E-state index is 0.0890. The highest BCUT2D eigenvalue weighted by Crippen LogP contribution is 2.30. The van der Waals surface area contributed by atoms with Gasteiger partial charge in [0, 0.05) is 19.3 Å². The van der Waals surface area contributed by atoms with E-state index in [-0.39, 0.29) is 18.4 Å². The lowest BCUT2D eigenvalue weighted by Crippen LogP contribution is -2.46. The number of nitrogens with zero attached hydrogens (tertiary/aromatic N) is 4. The fraction of sp³-hybridized carbons (Fsp3) is 0.259. The summed E-state index contributed by atoms with van der Waals surface area (Å²) in [6.07, 6.45) is 0. The molecule has 0 bridgehead atoms. The highest BCUT2D eigenvalue weighted by molar-refractivity contribution is 6.01. The number of methoxy groups -OCH3 is 1. The Morgan fingerprint density at radius 3 is 2.44 bits per heavy atom. The van der Waals surface area contributed by atoms with Crippen LogP contribution in [-0.2, 0) is 20.9 Å². The van der Waals surface area contributed by atoms with E-state index in [9.17, 15) is 9.59 Å². The summed E-state index contributed by atoms with van der Waals surface area (Å²) in [4.78, 5) is 28.9. The number of hydrogen-bond donors (Lipinski definition) is 1.